The topological polar surface area (TPSA) is 54.9 Å². The van der Waals surface area contributed by atoms with Crippen molar-refractivity contribution in [3.8, 4) is 0 Å². The fourth-order valence-corrected chi connectivity index (χ4v) is 2.86. The third-order valence-corrected chi connectivity index (χ3v) is 3.80. The lowest BCUT2D eigenvalue weighted by molar-refractivity contribution is -0.137. The molecular weight excluding hydrogens is 327 g/mol. The molecule has 1 aromatic heterocycles. The number of amides is 1. The molecule has 2 rings (SSSR count). The fraction of sp³-hybridized carbons (Fsp3) is 0.400. The van der Waals surface area contributed by atoms with E-state index in [0.717, 1.165) is 23.6 Å². The third-order valence-electron chi connectivity index (χ3n) is 2.94. The van der Waals surface area contributed by atoms with E-state index in [9.17, 15) is 18.0 Å². The van der Waals surface area contributed by atoms with Crippen LogP contribution in [0.25, 0.3) is 0 Å². The van der Waals surface area contributed by atoms with Crippen LogP contribution >= 0.6 is 11.3 Å². The number of anilines is 1. The molecule has 8 heteroatoms. The van der Waals surface area contributed by atoms with Gasteiger partial charge < -0.3 is 5.32 Å². The zero-order chi connectivity index (χ0) is 17.0. The number of nitrogens with zero attached hydrogens (tertiary/aromatic N) is 2. The highest BCUT2D eigenvalue weighted by molar-refractivity contribution is 7.15. The average molecular weight is 343 g/mol. The lowest BCUT2D eigenvalue weighted by atomic mass is 10.1. The van der Waals surface area contributed by atoms with Crippen LogP contribution in [0, 0.1) is 5.92 Å². The maximum Gasteiger partial charge on any atom is 0.416 e. The Morgan fingerprint density at radius 3 is 2.43 bits per heavy atom. The van der Waals surface area contributed by atoms with Crippen LogP contribution in [0.2, 0.25) is 0 Å². The SMILES string of the molecule is CC(C)Cc1nnc(NC(=O)Cc2ccc(C(F)(F)F)cc2)s1. The zero-order valence-corrected chi connectivity index (χ0v) is 13.5. The minimum atomic E-state index is -4.37. The minimum absolute atomic E-state index is 0.0166. The predicted octanol–water partition coefficient (Wildman–Crippen LogP) is 3.94. The summed E-state index contributed by atoms with van der Waals surface area (Å²) in [6, 6.07) is 4.53. The first-order chi connectivity index (χ1) is 10.7. The lowest BCUT2D eigenvalue weighted by Gasteiger charge is -2.07. The van der Waals surface area contributed by atoms with Crippen molar-refractivity contribution < 1.29 is 18.0 Å². The molecule has 0 fully saturated rings. The molecule has 1 N–H and O–H groups in total. The number of hydrogen-bond donors (Lipinski definition) is 1. The smallest absolute Gasteiger partial charge is 0.300 e. The fourth-order valence-electron chi connectivity index (χ4n) is 1.90. The van der Waals surface area contributed by atoms with Crippen molar-refractivity contribution in [3.63, 3.8) is 0 Å². The van der Waals surface area contributed by atoms with Gasteiger partial charge in [-0.2, -0.15) is 13.2 Å². The van der Waals surface area contributed by atoms with Gasteiger partial charge in [0.25, 0.3) is 0 Å². The largest absolute Gasteiger partial charge is 0.416 e. The van der Waals surface area contributed by atoms with Gasteiger partial charge in [0.1, 0.15) is 5.01 Å². The van der Waals surface area contributed by atoms with E-state index in [1.807, 2.05) is 0 Å². The van der Waals surface area contributed by atoms with E-state index in [1.54, 1.807) is 0 Å². The van der Waals surface area contributed by atoms with Crippen LogP contribution < -0.4 is 5.32 Å². The summed E-state index contributed by atoms with van der Waals surface area (Å²) >= 11 is 1.30. The van der Waals surface area contributed by atoms with Gasteiger partial charge in [-0.15, -0.1) is 10.2 Å². The zero-order valence-electron chi connectivity index (χ0n) is 12.6. The van der Waals surface area contributed by atoms with E-state index in [-0.39, 0.29) is 12.3 Å². The molecule has 0 bridgehead atoms. The van der Waals surface area contributed by atoms with Crippen molar-refractivity contribution >= 4 is 22.4 Å². The Morgan fingerprint density at radius 1 is 1.22 bits per heavy atom. The Balaban J connectivity index is 1.93. The second-order valence-corrected chi connectivity index (χ2v) is 6.58. The number of carbonyl (C=O) groups excluding carboxylic acids is 1. The molecule has 0 spiro atoms. The second kappa shape index (κ2) is 7.08. The molecule has 4 nitrogen and oxygen atoms in total. The minimum Gasteiger partial charge on any atom is -0.300 e. The highest BCUT2D eigenvalue weighted by atomic mass is 32.1. The first kappa shape index (κ1) is 17.4. The summed E-state index contributed by atoms with van der Waals surface area (Å²) in [5.41, 5.74) is -0.230. The monoisotopic (exact) mass is 343 g/mol. The van der Waals surface area contributed by atoms with Crippen LogP contribution in [-0.4, -0.2) is 16.1 Å². The number of rotatable bonds is 5. The molecule has 0 aliphatic heterocycles. The van der Waals surface area contributed by atoms with Crippen LogP contribution in [0.3, 0.4) is 0 Å². The molecule has 1 heterocycles. The average Bonchev–Trinajstić information content (AvgIpc) is 2.84. The Bertz CT molecular complexity index is 665. The number of nitrogens with one attached hydrogen (secondary N) is 1. The molecular formula is C15H16F3N3OS. The number of hydrogen-bond acceptors (Lipinski definition) is 4. The van der Waals surface area contributed by atoms with Crippen LogP contribution in [0.4, 0.5) is 18.3 Å². The number of alkyl halides is 3. The molecule has 1 aromatic carbocycles. The Morgan fingerprint density at radius 2 is 1.87 bits per heavy atom. The van der Waals surface area contributed by atoms with E-state index < -0.39 is 11.7 Å². The van der Waals surface area contributed by atoms with Gasteiger partial charge in [0.15, 0.2) is 0 Å². The Labute approximate surface area is 135 Å². The van der Waals surface area contributed by atoms with Crippen molar-refractivity contribution in [1.82, 2.24) is 10.2 Å². The van der Waals surface area contributed by atoms with Gasteiger partial charge in [0, 0.05) is 6.42 Å². The van der Waals surface area contributed by atoms with E-state index >= 15 is 0 Å². The molecule has 0 saturated carbocycles. The molecule has 23 heavy (non-hydrogen) atoms. The summed E-state index contributed by atoms with van der Waals surface area (Å²) < 4.78 is 37.4. The van der Waals surface area contributed by atoms with Crippen molar-refractivity contribution in [2.75, 3.05) is 5.32 Å². The normalized spacial score (nSPS) is 11.7. The molecule has 1 amide bonds. The molecule has 0 aliphatic rings. The molecule has 2 aromatic rings. The number of halogens is 3. The molecule has 0 unspecified atom stereocenters. The standard InChI is InChI=1S/C15H16F3N3OS/c1-9(2)7-13-20-21-14(23-13)19-12(22)8-10-3-5-11(6-4-10)15(16,17)18/h3-6,9H,7-8H2,1-2H3,(H,19,21,22). The molecule has 0 radical (unpaired) electrons. The number of carbonyl (C=O) groups is 1. The van der Waals surface area contributed by atoms with Crippen LogP contribution in [0.1, 0.15) is 30.0 Å². The summed E-state index contributed by atoms with van der Waals surface area (Å²) in [5.74, 6) is 0.107. The van der Waals surface area contributed by atoms with Gasteiger partial charge in [-0.25, -0.2) is 0 Å². The first-order valence-electron chi connectivity index (χ1n) is 7.02. The third kappa shape index (κ3) is 5.31. The van der Waals surface area contributed by atoms with Crippen molar-refractivity contribution in [1.29, 1.82) is 0 Å². The van der Waals surface area contributed by atoms with E-state index in [0.29, 0.717) is 16.6 Å². The first-order valence-corrected chi connectivity index (χ1v) is 7.84. The van der Waals surface area contributed by atoms with E-state index in [1.165, 1.54) is 23.5 Å². The van der Waals surface area contributed by atoms with E-state index in [2.05, 4.69) is 29.4 Å². The van der Waals surface area contributed by atoms with Gasteiger partial charge in [-0.1, -0.05) is 37.3 Å². The summed E-state index contributed by atoms with van der Waals surface area (Å²) in [4.78, 5) is 11.9. The number of benzene rings is 1. The maximum atomic E-state index is 12.5. The van der Waals surface area contributed by atoms with Crippen LogP contribution in [0.5, 0.6) is 0 Å². The molecule has 0 aliphatic carbocycles. The lowest BCUT2D eigenvalue weighted by Crippen LogP contribution is -2.14. The molecule has 124 valence electrons. The van der Waals surface area contributed by atoms with Crippen molar-refractivity contribution in [2.24, 2.45) is 5.92 Å². The number of aromatic nitrogens is 2. The summed E-state index contributed by atoms with van der Waals surface area (Å²) in [5, 5.41) is 11.7. The van der Waals surface area contributed by atoms with Gasteiger partial charge in [-0.05, 0) is 23.6 Å². The Hall–Kier alpha value is -1.96. The van der Waals surface area contributed by atoms with Crippen molar-refractivity contribution in [3.05, 3.63) is 40.4 Å². The van der Waals surface area contributed by atoms with Crippen LogP contribution in [-0.2, 0) is 23.8 Å². The Kier molecular flexibility index (Phi) is 5.35. The quantitative estimate of drug-likeness (QED) is 0.895. The second-order valence-electron chi connectivity index (χ2n) is 5.52. The summed E-state index contributed by atoms with van der Waals surface area (Å²) in [6.45, 7) is 4.12. The summed E-state index contributed by atoms with van der Waals surface area (Å²) in [7, 11) is 0. The van der Waals surface area contributed by atoms with Crippen LogP contribution in [0.15, 0.2) is 24.3 Å². The van der Waals surface area contributed by atoms with Gasteiger partial charge in [0.05, 0.1) is 12.0 Å². The van der Waals surface area contributed by atoms with Gasteiger partial charge >= 0.3 is 6.18 Å². The van der Waals surface area contributed by atoms with Gasteiger partial charge in [0.2, 0.25) is 11.0 Å². The van der Waals surface area contributed by atoms with Gasteiger partial charge in [-0.3, -0.25) is 4.79 Å². The highest BCUT2D eigenvalue weighted by Gasteiger charge is 2.29. The highest BCUT2D eigenvalue weighted by Crippen LogP contribution is 2.29. The predicted molar refractivity (Wildman–Crippen MR) is 82.2 cm³/mol. The van der Waals surface area contributed by atoms with Crippen molar-refractivity contribution in [2.45, 2.75) is 32.9 Å². The maximum absolute atomic E-state index is 12.5. The van der Waals surface area contributed by atoms with E-state index in [4.69, 9.17) is 0 Å². The molecule has 0 saturated heterocycles. The summed E-state index contributed by atoms with van der Waals surface area (Å²) in [6.07, 6.45) is -3.61. The molecule has 0 atom stereocenters.